The molecule has 0 spiro atoms. The summed E-state index contributed by atoms with van der Waals surface area (Å²) in [6.45, 7) is 4.18. The van der Waals surface area contributed by atoms with Crippen LogP contribution in [0.5, 0.6) is 5.75 Å². The van der Waals surface area contributed by atoms with Gasteiger partial charge in [0.25, 0.3) is 0 Å². The Hall–Kier alpha value is -2.24. The molecule has 2 N–H and O–H groups in total. The average Bonchev–Trinajstić information content (AvgIpc) is 2.39. The van der Waals surface area contributed by atoms with Gasteiger partial charge in [-0.2, -0.15) is 0 Å². The van der Waals surface area contributed by atoms with E-state index < -0.39 is 12.0 Å². The molecule has 0 aliphatic rings. The highest BCUT2D eigenvalue weighted by molar-refractivity contribution is 5.92. The Balaban J connectivity index is 2.50. The number of urea groups is 1. The minimum absolute atomic E-state index is 0.170. The zero-order valence-electron chi connectivity index (χ0n) is 11.1. The molecule has 1 rings (SSSR count). The summed E-state index contributed by atoms with van der Waals surface area (Å²) in [7, 11) is 0. The second-order valence-electron chi connectivity index (χ2n) is 3.54. The van der Waals surface area contributed by atoms with Gasteiger partial charge in [0.1, 0.15) is 12.3 Å². The number of nitrogens with one attached hydrogen (secondary N) is 2. The van der Waals surface area contributed by atoms with Crippen molar-refractivity contribution in [1.29, 1.82) is 0 Å². The van der Waals surface area contributed by atoms with Gasteiger partial charge in [-0.3, -0.25) is 4.79 Å². The van der Waals surface area contributed by atoms with E-state index in [1.54, 1.807) is 25.1 Å². The first kappa shape index (κ1) is 14.8. The Morgan fingerprint density at radius 2 is 1.89 bits per heavy atom. The number of esters is 1. The van der Waals surface area contributed by atoms with E-state index in [0.29, 0.717) is 18.0 Å². The van der Waals surface area contributed by atoms with E-state index >= 15 is 0 Å². The number of amides is 2. The van der Waals surface area contributed by atoms with Crippen LogP contribution in [0.25, 0.3) is 0 Å². The van der Waals surface area contributed by atoms with Crippen molar-refractivity contribution in [1.82, 2.24) is 5.32 Å². The average molecular weight is 266 g/mol. The van der Waals surface area contributed by atoms with Crippen LogP contribution in [0.15, 0.2) is 24.3 Å². The molecule has 19 heavy (non-hydrogen) atoms. The lowest BCUT2D eigenvalue weighted by atomic mass is 10.3. The fourth-order valence-corrected chi connectivity index (χ4v) is 1.38. The third-order valence-corrected chi connectivity index (χ3v) is 2.13. The first-order valence-corrected chi connectivity index (χ1v) is 6.09. The highest BCUT2D eigenvalue weighted by Crippen LogP contribution is 2.23. The van der Waals surface area contributed by atoms with Crippen LogP contribution in [0, 0.1) is 0 Å². The van der Waals surface area contributed by atoms with Crippen molar-refractivity contribution in [3.05, 3.63) is 24.3 Å². The smallest absolute Gasteiger partial charge is 0.325 e. The van der Waals surface area contributed by atoms with Crippen LogP contribution in [-0.2, 0) is 9.53 Å². The molecule has 0 radical (unpaired) electrons. The number of anilines is 1. The molecule has 0 unspecified atom stereocenters. The topological polar surface area (TPSA) is 76.7 Å². The van der Waals surface area contributed by atoms with Gasteiger partial charge in [-0.1, -0.05) is 12.1 Å². The number of ether oxygens (including phenoxy) is 2. The lowest BCUT2D eigenvalue weighted by Crippen LogP contribution is -2.34. The fraction of sp³-hybridized carbons (Fsp3) is 0.385. The number of hydrogen-bond donors (Lipinski definition) is 2. The van der Waals surface area contributed by atoms with Crippen LogP contribution in [0.3, 0.4) is 0 Å². The minimum Gasteiger partial charge on any atom is -0.492 e. The van der Waals surface area contributed by atoms with E-state index in [1.807, 2.05) is 13.0 Å². The third-order valence-electron chi connectivity index (χ3n) is 2.13. The molecule has 0 saturated carbocycles. The number of carbonyl (C=O) groups is 2. The highest BCUT2D eigenvalue weighted by Gasteiger charge is 2.08. The predicted molar refractivity (Wildman–Crippen MR) is 71.3 cm³/mol. The normalized spacial score (nSPS) is 9.58. The summed E-state index contributed by atoms with van der Waals surface area (Å²) in [6, 6.07) is 6.58. The van der Waals surface area contributed by atoms with Gasteiger partial charge in [-0.05, 0) is 26.0 Å². The molecular formula is C13H18N2O4. The van der Waals surface area contributed by atoms with E-state index in [1.165, 1.54) is 0 Å². The van der Waals surface area contributed by atoms with Gasteiger partial charge in [0, 0.05) is 0 Å². The molecule has 0 bridgehead atoms. The fourth-order valence-electron chi connectivity index (χ4n) is 1.38. The van der Waals surface area contributed by atoms with Crippen molar-refractivity contribution in [2.75, 3.05) is 25.1 Å². The summed E-state index contributed by atoms with van der Waals surface area (Å²) in [4.78, 5) is 22.7. The second-order valence-corrected chi connectivity index (χ2v) is 3.54. The summed E-state index contributed by atoms with van der Waals surface area (Å²) >= 11 is 0. The number of benzene rings is 1. The molecule has 1 aromatic rings. The van der Waals surface area contributed by atoms with Crippen molar-refractivity contribution in [2.24, 2.45) is 0 Å². The summed E-state index contributed by atoms with van der Waals surface area (Å²) in [6.07, 6.45) is 0. The van der Waals surface area contributed by atoms with Gasteiger partial charge >= 0.3 is 12.0 Å². The Bertz CT molecular complexity index is 434. The van der Waals surface area contributed by atoms with Crippen LogP contribution < -0.4 is 15.4 Å². The molecule has 0 heterocycles. The quantitative estimate of drug-likeness (QED) is 0.769. The van der Waals surface area contributed by atoms with Crippen LogP contribution in [0.1, 0.15) is 13.8 Å². The summed E-state index contributed by atoms with van der Waals surface area (Å²) in [5, 5.41) is 5.01. The summed E-state index contributed by atoms with van der Waals surface area (Å²) in [5.41, 5.74) is 0.547. The lowest BCUT2D eigenvalue weighted by molar-refractivity contribution is -0.141. The SMILES string of the molecule is CCOC(=O)CNC(=O)Nc1ccccc1OCC. The monoisotopic (exact) mass is 266 g/mol. The van der Waals surface area contributed by atoms with Gasteiger partial charge in [-0.15, -0.1) is 0 Å². The molecule has 2 amide bonds. The molecule has 104 valence electrons. The Morgan fingerprint density at radius 3 is 2.58 bits per heavy atom. The van der Waals surface area contributed by atoms with E-state index in [9.17, 15) is 9.59 Å². The second kappa shape index (κ2) is 7.97. The lowest BCUT2D eigenvalue weighted by Gasteiger charge is -2.11. The first-order valence-electron chi connectivity index (χ1n) is 6.09. The van der Waals surface area contributed by atoms with Crippen molar-refractivity contribution < 1.29 is 19.1 Å². The number of para-hydroxylation sites is 2. The van der Waals surface area contributed by atoms with Crippen molar-refractivity contribution >= 4 is 17.7 Å². The van der Waals surface area contributed by atoms with Gasteiger partial charge in [0.15, 0.2) is 0 Å². The minimum atomic E-state index is -0.486. The van der Waals surface area contributed by atoms with Crippen molar-refractivity contribution in [2.45, 2.75) is 13.8 Å². The van der Waals surface area contributed by atoms with E-state index in [4.69, 9.17) is 9.47 Å². The predicted octanol–water partition coefficient (Wildman–Crippen LogP) is 1.77. The highest BCUT2D eigenvalue weighted by atomic mass is 16.5. The third kappa shape index (κ3) is 5.29. The molecule has 1 aromatic carbocycles. The number of hydrogen-bond acceptors (Lipinski definition) is 4. The largest absolute Gasteiger partial charge is 0.492 e. The first-order chi connectivity index (χ1) is 9.17. The molecule has 0 aliphatic carbocycles. The van der Waals surface area contributed by atoms with Gasteiger partial charge in [-0.25, -0.2) is 4.79 Å². The molecule has 6 heteroatoms. The molecule has 0 atom stereocenters. The van der Waals surface area contributed by atoms with Crippen LogP contribution in [0.4, 0.5) is 10.5 Å². The van der Waals surface area contributed by atoms with Crippen LogP contribution in [0.2, 0.25) is 0 Å². The Labute approximate surface area is 112 Å². The Morgan fingerprint density at radius 1 is 1.16 bits per heavy atom. The van der Waals surface area contributed by atoms with Crippen LogP contribution in [-0.4, -0.2) is 31.8 Å². The van der Waals surface area contributed by atoms with E-state index in [2.05, 4.69) is 10.6 Å². The van der Waals surface area contributed by atoms with Crippen LogP contribution >= 0.6 is 0 Å². The maximum Gasteiger partial charge on any atom is 0.325 e. The number of carbonyl (C=O) groups excluding carboxylic acids is 2. The summed E-state index contributed by atoms with van der Waals surface area (Å²) in [5.74, 6) is 0.104. The zero-order valence-corrected chi connectivity index (χ0v) is 11.1. The molecule has 0 saturated heterocycles. The molecule has 0 aliphatic heterocycles. The molecular weight excluding hydrogens is 248 g/mol. The van der Waals surface area contributed by atoms with Gasteiger partial charge in [0.05, 0.1) is 18.9 Å². The summed E-state index contributed by atoms with van der Waals surface area (Å²) < 4.78 is 10.1. The Kier molecular flexibility index (Phi) is 6.21. The standard InChI is InChI=1S/C13H18N2O4/c1-3-18-11-8-6-5-7-10(11)15-13(17)14-9-12(16)19-4-2/h5-8H,3-4,9H2,1-2H3,(H2,14,15,17). The van der Waals surface area contributed by atoms with Gasteiger partial charge in [0.2, 0.25) is 0 Å². The molecule has 0 fully saturated rings. The van der Waals surface area contributed by atoms with E-state index in [0.717, 1.165) is 0 Å². The maximum absolute atomic E-state index is 11.6. The van der Waals surface area contributed by atoms with Crippen molar-refractivity contribution in [3.8, 4) is 5.75 Å². The number of rotatable bonds is 6. The molecule has 0 aromatic heterocycles. The zero-order chi connectivity index (χ0) is 14.1. The molecule has 6 nitrogen and oxygen atoms in total. The maximum atomic E-state index is 11.6. The van der Waals surface area contributed by atoms with Crippen molar-refractivity contribution in [3.63, 3.8) is 0 Å². The van der Waals surface area contributed by atoms with E-state index in [-0.39, 0.29) is 13.2 Å². The van der Waals surface area contributed by atoms with Gasteiger partial charge < -0.3 is 20.1 Å².